The number of rotatable bonds is 10. The summed E-state index contributed by atoms with van der Waals surface area (Å²) in [4.78, 5) is 24.6. The minimum absolute atomic E-state index is 0.176. The molecular weight excluding hydrogens is 476 g/mol. The number of hydrogen-bond donors (Lipinski definition) is 2. The minimum Gasteiger partial charge on any atom is -0.497 e. The molecule has 4 rings (SSSR count). The lowest BCUT2D eigenvalue weighted by atomic mass is 10.2. The van der Waals surface area contributed by atoms with Crippen LogP contribution in [0.3, 0.4) is 0 Å². The van der Waals surface area contributed by atoms with Crippen molar-refractivity contribution in [3.63, 3.8) is 0 Å². The first kappa shape index (κ1) is 23.6. The number of carbonyl (C=O) groups excluding carboxylic acids is 2. The van der Waals surface area contributed by atoms with Crippen molar-refractivity contribution >= 4 is 45.7 Å². The van der Waals surface area contributed by atoms with Gasteiger partial charge in [0.15, 0.2) is 11.5 Å². The number of hydrogen-bond acceptors (Lipinski definition) is 10. The maximum absolute atomic E-state index is 12.3. The van der Waals surface area contributed by atoms with E-state index in [1.807, 2.05) is 6.92 Å². The number of methoxy groups -OCH3 is 1. The fourth-order valence-electron chi connectivity index (χ4n) is 2.92. The van der Waals surface area contributed by atoms with E-state index in [1.54, 1.807) is 48.0 Å². The van der Waals surface area contributed by atoms with Crippen molar-refractivity contribution in [1.29, 1.82) is 0 Å². The number of amides is 2. The second-order valence-corrected chi connectivity index (χ2v) is 9.04. The Morgan fingerprint density at radius 1 is 1.09 bits per heavy atom. The van der Waals surface area contributed by atoms with E-state index in [-0.39, 0.29) is 17.6 Å². The smallest absolute Gasteiger partial charge is 0.251 e. The summed E-state index contributed by atoms with van der Waals surface area (Å²) >= 11 is 2.66. The van der Waals surface area contributed by atoms with Gasteiger partial charge in [0, 0.05) is 18.5 Å². The van der Waals surface area contributed by atoms with Gasteiger partial charge in [0.25, 0.3) is 5.91 Å². The Balaban J connectivity index is 1.31. The first-order chi connectivity index (χ1) is 16.6. The van der Waals surface area contributed by atoms with Crippen molar-refractivity contribution in [2.24, 2.45) is 0 Å². The molecule has 0 saturated heterocycles. The van der Waals surface area contributed by atoms with Gasteiger partial charge in [0.2, 0.25) is 11.0 Å². The Morgan fingerprint density at radius 3 is 2.65 bits per heavy atom. The van der Waals surface area contributed by atoms with Gasteiger partial charge in [-0.25, -0.2) is 0 Å². The fourth-order valence-corrected chi connectivity index (χ4v) is 4.27. The Kier molecular flexibility index (Phi) is 7.65. The van der Waals surface area contributed by atoms with Crippen LogP contribution in [-0.4, -0.2) is 61.2 Å². The van der Waals surface area contributed by atoms with E-state index in [4.69, 9.17) is 4.74 Å². The molecule has 0 radical (unpaired) electrons. The highest BCUT2D eigenvalue weighted by Crippen LogP contribution is 2.19. The van der Waals surface area contributed by atoms with Crippen LogP contribution in [0.5, 0.6) is 5.75 Å². The molecule has 0 aliphatic rings. The first-order valence-corrected chi connectivity index (χ1v) is 12.2. The average molecular weight is 499 g/mol. The lowest BCUT2D eigenvalue weighted by Crippen LogP contribution is -2.26. The van der Waals surface area contributed by atoms with E-state index in [9.17, 15) is 9.59 Å². The molecule has 0 spiro atoms. The van der Waals surface area contributed by atoms with Gasteiger partial charge in [-0.15, -0.1) is 20.4 Å². The van der Waals surface area contributed by atoms with Crippen LogP contribution in [0.2, 0.25) is 0 Å². The van der Waals surface area contributed by atoms with Crippen LogP contribution >= 0.6 is 23.1 Å². The number of thioether (sulfide) groups is 1. The summed E-state index contributed by atoms with van der Waals surface area (Å²) in [6.07, 6.45) is 1.22. The third kappa shape index (κ3) is 5.85. The summed E-state index contributed by atoms with van der Waals surface area (Å²) in [7, 11) is 1.58. The van der Waals surface area contributed by atoms with E-state index in [0.717, 1.165) is 11.4 Å². The Hall–Kier alpha value is -3.58. The predicted octanol–water partition coefficient (Wildman–Crippen LogP) is 2.25. The number of fused-ring (bicyclic) bond motifs is 1. The molecule has 4 aromatic rings. The molecule has 0 atom stereocenters. The van der Waals surface area contributed by atoms with E-state index in [0.29, 0.717) is 45.9 Å². The van der Waals surface area contributed by atoms with Gasteiger partial charge in [0.05, 0.1) is 12.9 Å². The SMILES string of the molecule is CCc1nnc(NC(=O)CSc2ccc3nnc(CCNC(=O)c4ccc(OC)cc4)n3n2)s1. The van der Waals surface area contributed by atoms with Crippen LogP contribution in [0.25, 0.3) is 5.65 Å². The zero-order valence-electron chi connectivity index (χ0n) is 18.5. The quantitative estimate of drug-likeness (QED) is 0.315. The molecular formula is C21H22N8O3S2. The Morgan fingerprint density at radius 2 is 1.91 bits per heavy atom. The van der Waals surface area contributed by atoms with Gasteiger partial charge < -0.3 is 10.1 Å². The molecule has 0 bridgehead atoms. The number of carbonyl (C=O) groups is 2. The van der Waals surface area contributed by atoms with Crippen molar-refractivity contribution in [2.45, 2.75) is 24.8 Å². The third-order valence-corrected chi connectivity index (χ3v) is 6.56. The normalized spacial score (nSPS) is 10.9. The largest absolute Gasteiger partial charge is 0.497 e. The summed E-state index contributed by atoms with van der Waals surface area (Å²) in [6, 6.07) is 10.5. The van der Waals surface area contributed by atoms with Crippen molar-refractivity contribution in [1.82, 2.24) is 35.3 Å². The van der Waals surface area contributed by atoms with Crippen LogP contribution in [-0.2, 0) is 17.6 Å². The molecule has 0 aliphatic heterocycles. The highest BCUT2D eigenvalue weighted by molar-refractivity contribution is 7.99. The Bertz CT molecular complexity index is 1290. The van der Waals surface area contributed by atoms with Crippen LogP contribution in [0.15, 0.2) is 41.4 Å². The zero-order valence-corrected chi connectivity index (χ0v) is 20.2. The van der Waals surface area contributed by atoms with Gasteiger partial charge in [-0.2, -0.15) is 9.61 Å². The number of nitrogens with one attached hydrogen (secondary N) is 2. The third-order valence-electron chi connectivity index (χ3n) is 4.66. The number of ether oxygens (including phenoxy) is 1. The molecule has 2 N–H and O–H groups in total. The summed E-state index contributed by atoms with van der Waals surface area (Å²) in [5, 5.41) is 28.4. The number of anilines is 1. The molecule has 0 fully saturated rings. The molecule has 0 saturated carbocycles. The lowest BCUT2D eigenvalue weighted by Gasteiger charge is -2.06. The summed E-state index contributed by atoms with van der Waals surface area (Å²) in [6.45, 7) is 2.35. The van der Waals surface area contributed by atoms with Crippen molar-refractivity contribution in [3.8, 4) is 5.75 Å². The molecule has 3 aromatic heterocycles. The van der Waals surface area contributed by atoms with E-state index in [1.165, 1.54) is 23.1 Å². The number of aryl methyl sites for hydroxylation is 1. The van der Waals surface area contributed by atoms with Gasteiger partial charge in [-0.05, 0) is 42.8 Å². The maximum Gasteiger partial charge on any atom is 0.251 e. The second kappa shape index (κ2) is 11.0. The molecule has 2 amide bonds. The van der Waals surface area contributed by atoms with Gasteiger partial charge in [-0.1, -0.05) is 30.0 Å². The van der Waals surface area contributed by atoms with Crippen LogP contribution in [0.1, 0.15) is 28.1 Å². The van der Waals surface area contributed by atoms with Gasteiger partial charge in [0.1, 0.15) is 15.8 Å². The van der Waals surface area contributed by atoms with E-state index in [2.05, 4.69) is 36.1 Å². The van der Waals surface area contributed by atoms with Crippen molar-refractivity contribution in [3.05, 3.63) is 52.8 Å². The molecule has 176 valence electrons. The maximum atomic E-state index is 12.3. The molecule has 13 heteroatoms. The van der Waals surface area contributed by atoms with Crippen molar-refractivity contribution in [2.75, 3.05) is 24.7 Å². The predicted molar refractivity (Wildman–Crippen MR) is 128 cm³/mol. The highest BCUT2D eigenvalue weighted by atomic mass is 32.2. The van der Waals surface area contributed by atoms with Gasteiger partial charge in [-0.3, -0.25) is 14.9 Å². The fraction of sp³-hybridized carbons (Fsp3) is 0.286. The topological polar surface area (TPSA) is 136 Å². The molecule has 11 nitrogen and oxygen atoms in total. The standard InChI is InChI=1S/C21H22N8O3S2/c1-3-18-26-27-21(34-18)23-17(30)12-33-19-9-8-15-24-25-16(29(15)28-19)10-11-22-20(31)13-4-6-14(32-2)7-5-13/h4-9H,3,10-12H2,1-2H3,(H,22,31)(H,23,27,30). The lowest BCUT2D eigenvalue weighted by molar-refractivity contribution is -0.113. The summed E-state index contributed by atoms with van der Waals surface area (Å²) < 4.78 is 6.73. The Labute approximate surface area is 203 Å². The molecule has 0 aliphatic carbocycles. The van der Waals surface area contributed by atoms with Crippen molar-refractivity contribution < 1.29 is 14.3 Å². The number of nitrogens with zero attached hydrogens (tertiary/aromatic N) is 6. The molecule has 1 aromatic carbocycles. The monoisotopic (exact) mass is 498 g/mol. The van der Waals surface area contributed by atoms with Crippen LogP contribution < -0.4 is 15.4 Å². The molecule has 34 heavy (non-hydrogen) atoms. The summed E-state index contributed by atoms with van der Waals surface area (Å²) in [5.41, 5.74) is 1.13. The summed E-state index contributed by atoms with van der Waals surface area (Å²) in [5.74, 6) is 1.10. The highest BCUT2D eigenvalue weighted by Gasteiger charge is 2.12. The zero-order chi connectivity index (χ0) is 23.9. The number of aromatic nitrogens is 6. The van der Waals surface area contributed by atoms with Crippen LogP contribution in [0, 0.1) is 0 Å². The van der Waals surface area contributed by atoms with E-state index >= 15 is 0 Å². The average Bonchev–Trinajstić information content (AvgIpc) is 3.49. The minimum atomic E-state index is -0.187. The second-order valence-electron chi connectivity index (χ2n) is 6.98. The van der Waals surface area contributed by atoms with E-state index < -0.39 is 0 Å². The molecule has 0 unspecified atom stereocenters. The molecule has 3 heterocycles. The first-order valence-electron chi connectivity index (χ1n) is 10.4. The van der Waals surface area contributed by atoms with Crippen LogP contribution in [0.4, 0.5) is 5.13 Å². The number of benzene rings is 1. The van der Waals surface area contributed by atoms with Gasteiger partial charge >= 0.3 is 0 Å².